The summed E-state index contributed by atoms with van der Waals surface area (Å²) in [4.78, 5) is 4.61. The monoisotopic (exact) mass is 258 g/mol. The maximum atomic E-state index is 4.61. The molecule has 0 amide bonds. The van der Waals surface area contributed by atoms with Crippen LogP contribution in [0.3, 0.4) is 0 Å². The van der Waals surface area contributed by atoms with E-state index < -0.39 is 0 Å². The number of aryl methyl sites for hydroxylation is 1. The number of benzene rings is 1. The van der Waals surface area contributed by atoms with E-state index in [0.717, 1.165) is 11.2 Å². The van der Waals surface area contributed by atoms with Gasteiger partial charge in [0, 0.05) is 22.9 Å². The summed E-state index contributed by atoms with van der Waals surface area (Å²) in [6, 6.07) is 11.3. The van der Waals surface area contributed by atoms with Gasteiger partial charge in [0.25, 0.3) is 0 Å². The van der Waals surface area contributed by atoms with Crippen molar-refractivity contribution in [3.8, 4) is 0 Å². The van der Waals surface area contributed by atoms with Crippen LogP contribution in [0.1, 0.15) is 30.0 Å². The third-order valence-corrected chi connectivity index (χ3v) is 4.82. The van der Waals surface area contributed by atoms with E-state index in [1.54, 1.807) is 0 Å². The molecular formula is C15H18N2S. The summed E-state index contributed by atoms with van der Waals surface area (Å²) in [7, 11) is 0. The Morgan fingerprint density at radius 3 is 3.00 bits per heavy atom. The molecule has 3 rings (SSSR count). The molecule has 0 bridgehead atoms. The van der Waals surface area contributed by atoms with Crippen LogP contribution >= 0.6 is 11.8 Å². The van der Waals surface area contributed by atoms with Crippen molar-refractivity contribution in [1.29, 1.82) is 0 Å². The van der Waals surface area contributed by atoms with E-state index >= 15 is 0 Å². The summed E-state index contributed by atoms with van der Waals surface area (Å²) in [6.45, 7) is 4.32. The molecule has 1 saturated heterocycles. The summed E-state index contributed by atoms with van der Waals surface area (Å²) in [5, 5.41) is 5.41. The average molecular weight is 258 g/mol. The van der Waals surface area contributed by atoms with Gasteiger partial charge in [0.15, 0.2) is 0 Å². The zero-order valence-electron chi connectivity index (χ0n) is 10.8. The number of nitrogens with zero attached hydrogens (tertiary/aromatic N) is 1. The highest BCUT2D eigenvalue weighted by atomic mass is 32.2. The molecule has 2 aromatic rings. The molecule has 1 fully saturated rings. The predicted molar refractivity (Wildman–Crippen MR) is 78.9 cm³/mol. The lowest BCUT2D eigenvalue weighted by atomic mass is 10.1. The minimum atomic E-state index is 0.418. The first-order chi connectivity index (χ1) is 8.78. The number of thioether (sulfide) groups is 1. The first-order valence-electron chi connectivity index (χ1n) is 6.52. The van der Waals surface area contributed by atoms with E-state index in [0.29, 0.717) is 11.4 Å². The fraction of sp³-hybridized carbons (Fsp3) is 0.400. The highest BCUT2D eigenvalue weighted by Gasteiger charge is 2.25. The molecule has 1 aromatic heterocycles. The Morgan fingerprint density at radius 2 is 2.22 bits per heavy atom. The molecule has 1 N–H and O–H groups in total. The third kappa shape index (κ3) is 2.13. The van der Waals surface area contributed by atoms with Crippen LogP contribution in [0, 0.1) is 6.92 Å². The van der Waals surface area contributed by atoms with Crippen LogP contribution < -0.4 is 5.32 Å². The second kappa shape index (κ2) is 4.90. The summed E-state index contributed by atoms with van der Waals surface area (Å²) < 4.78 is 0. The number of pyridine rings is 1. The number of fused-ring (bicyclic) bond motifs is 1. The van der Waals surface area contributed by atoms with Crippen molar-refractivity contribution in [3.05, 3.63) is 41.6 Å². The maximum absolute atomic E-state index is 4.61. The smallest absolute Gasteiger partial charge is 0.0799 e. The highest BCUT2D eigenvalue weighted by molar-refractivity contribution is 7.99. The molecule has 18 heavy (non-hydrogen) atoms. The fourth-order valence-electron chi connectivity index (χ4n) is 2.50. The van der Waals surface area contributed by atoms with E-state index in [9.17, 15) is 0 Å². The zero-order chi connectivity index (χ0) is 12.5. The quantitative estimate of drug-likeness (QED) is 0.890. The average Bonchev–Trinajstić information content (AvgIpc) is 2.86. The van der Waals surface area contributed by atoms with Gasteiger partial charge in [-0.2, -0.15) is 0 Å². The van der Waals surface area contributed by atoms with Crippen molar-refractivity contribution < 1.29 is 0 Å². The third-order valence-electron chi connectivity index (χ3n) is 3.50. The normalized spacial score (nSPS) is 23.7. The molecule has 2 unspecified atom stereocenters. The van der Waals surface area contributed by atoms with E-state index in [-0.39, 0.29) is 0 Å². The minimum Gasteiger partial charge on any atom is -0.298 e. The van der Waals surface area contributed by atoms with Gasteiger partial charge < -0.3 is 0 Å². The lowest BCUT2D eigenvalue weighted by Gasteiger charge is -2.15. The molecule has 2 heterocycles. The number of nitrogens with one attached hydrogen (secondary N) is 1. The van der Waals surface area contributed by atoms with Crippen LogP contribution in [0.4, 0.5) is 0 Å². The number of aromatic nitrogens is 1. The number of hydrogen-bond donors (Lipinski definition) is 1. The molecule has 3 heteroatoms. The lowest BCUT2D eigenvalue weighted by molar-refractivity contribution is 0.562. The molecule has 94 valence electrons. The molecule has 2 nitrogen and oxygen atoms in total. The molecule has 0 radical (unpaired) electrons. The van der Waals surface area contributed by atoms with Crippen molar-refractivity contribution in [1.82, 2.24) is 10.3 Å². The molecule has 1 aliphatic rings. The standard InChI is InChI=1S/C15H18N2S/c1-3-11-9-18-15(17-11)13-8-10(2)16-14-7-5-4-6-12(13)14/h4-8,11,15,17H,3,9H2,1-2H3. The predicted octanol–water partition coefficient (Wildman–Crippen LogP) is 3.66. The second-order valence-electron chi connectivity index (χ2n) is 4.86. The van der Waals surface area contributed by atoms with Gasteiger partial charge in [0.1, 0.15) is 0 Å². The van der Waals surface area contributed by atoms with Crippen LogP contribution in [0.25, 0.3) is 10.9 Å². The van der Waals surface area contributed by atoms with Gasteiger partial charge in [-0.15, -0.1) is 11.8 Å². The van der Waals surface area contributed by atoms with Gasteiger partial charge in [-0.25, -0.2) is 0 Å². The van der Waals surface area contributed by atoms with Gasteiger partial charge in [-0.1, -0.05) is 25.1 Å². The Kier molecular flexibility index (Phi) is 3.27. The molecule has 1 aromatic carbocycles. The van der Waals surface area contributed by atoms with E-state index in [1.807, 2.05) is 11.8 Å². The van der Waals surface area contributed by atoms with Crippen LogP contribution in [0.2, 0.25) is 0 Å². The summed E-state index contributed by atoms with van der Waals surface area (Å²) in [5.74, 6) is 1.21. The largest absolute Gasteiger partial charge is 0.298 e. The van der Waals surface area contributed by atoms with Crippen molar-refractivity contribution in [3.63, 3.8) is 0 Å². The first kappa shape index (κ1) is 12.0. The minimum absolute atomic E-state index is 0.418. The van der Waals surface area contributed by atoms with Crippen molar-refractivity contribution in [2.24, 2.45) is 0 Å². The maximum Gasteiger partial charge on any atom is 0.0799 e. The Balaban J connectivity index is 2.06. The fourth-order valence-corrected chi connectivity index (χ4v) is 3.92. The first-order valence-corrected chi connectivity index (χ1v) is 7.56. The van der Waals surface area contributed by atoms with Gasteiger partial charge in [0.05, 0.1) is 10.9 Å². The Bertz CT molecular complexity index is 567. The van der Waals surface area contributed by atoms with E-state index in [1.165, 1.54) is 23.1 Å². The number of hydrogen-bond acceptors (Lipinski definition) is 3. The Labute approximate surface area is 112 Å². The number of rotatable bonds is 2. The van der Waals surface area contributed by atoms with Crippen LogP contribution in [-0.2, 0) is 0 Å². The van der Waals surface area contributed by atoms with Gasteiger partial charge in [-0.05, 0) is 31.0 Å². The molecule has 0 spiro atoms. The molecular weight excluding hydrogens is 240 g/mol. The van der Waals surface area contributed by atoms with E-state index in [4.69, 9.17) is 0 Å². The van der Waals surface area contributed by atoms with Crippen molar-refractivity contribution in [2.45, 2.75) is 31.7 Å². The topological polar surface area (TPSA) is 24.9 Å². The molecule has 1 aliphatic heterocycles. The van der Waals surface area contributed by atoms with Gasteiger partial charge >= 0.3 is 0 Å². The SMILES string of the molecule is CCC1CSC(c2cc(C)nc3ccccc23)N1. The number of para-hydroxylation sites is 1. The summed E-state index contributed by atoms with van der Waals surface area (Å²) in [6.07, 6.45) is 1.20. The Morgan fingerprint density at radius 1 is 1.39 bits per heavy atom. The van der Waals surface area contributed by atoms with Crippen molar-refractivity contribution >= 4 is 22.7 Å². The van der Waals surface area contributed by atoms with Crippen LogP contribution in [-0.4, -0.2) is 16.8 Å². The molecule has 2 atom stereocenters. The lowest BCUT2D eigenvalue weighted by Crippen LogP contribution is -2.24. The molecule has 0 saturated carbocycles. The van der Waals surface area contributed by atoms with Gasteiger partial charge in [0.2, 0.25) is 0 Å². The molecule has 0 aliphatic carbocycles. The zero-order valence-corrected chi connectivity index (χ0v) is 11.6. The Hall–Kier alpha value is -1.06. The highest BCUT2D eigenvalue weighted by Crippen LogP contribution is 2.37. The van der Waals surface area contributed by atoms with Crippen LogP contribution in [0.5, 0.6) is 0 Å². The summed E-state index contributed by atoms with van der Waals surface area (Å²) in [5.41, 5.74) is 3.60. The van der Waals surface area contributed by atoms with E-state index in [2.05, 4.69) is 54.5 Å². The second-order valence-corrected chi connectivity index (χ2v) is 5.99. The van der Waals surface area contributed by atoms with Crippen molar-refractivity contribution in [2.75, 3.05) is 5.75 Å². The van der Waals surface area contributed by atoms with Gasteiger partial charge in [-0.3, -0.25) is 10.3 Å². The summed E-state index contributed by atoms with van der Waals surface area (Å²) >= 11 is 2.01. The van der Waals surface area contributed by atoms with Crippen LogP contribution in [0.15, 0.2) is 30.3 Å².